The summed E-state index contributed by atoms with van der Waals surface area (Å²) < 4.78 is 5.34. The predicted molar refractivity (Wildman–Crippen MR) is 65.8 cm³/mol. The van der Waals surface area contributed by atoms with E-state index in [2.05, 4.69) is 5.32 Å². The fourth-order valence-corrected chi connectivity index (χ4v) is 1.44. The van der Waals surface area contributed by atoms with E-state index < -0.39 is 6.10 Å². The number of ether oxygens (including phenoxy) is 1. The van der Waals surface area contributed by atoms with Gasteiger partial charge in [0.05, 0.1) is 12.2 Å². The van der Waals surface area contributed by atoms with E-state index in [9.17, 15) is 9.90 Å². The van der Waals surface area contributed by atoms with Gasteiger partial charge in [0.25, 0.3) is 5.91 Å². The van der Waals surface area contributed by atoms with E-state index in [0.29, 0.717) is 17.7 Å². The second-order valence-corrected chi connectivity index (χ2v) is 3.69. The molecule has 0 bridgehead atoms. The lowest BCUT2D eigenvalue weighted by Crippen LogP contribution is -2.29. The van der Waals surface area contributed by atoms with Gasteiger partial charge in [0.1, 0.15) is 12.3 Å². The Morgan fingerprint density at radius 1 is 1.56 bits per heavy atom. The molecule has 1 aromatic rings. The summed E-state index contributed by atoms with van der Waals surface area (Å²) in [5, 5.41) is 20.5. The molecule has 0 fully saturated rings. The average Bonchev–Trinajstić information content (AvgIpc) is 2.42. The molecular formula is C13H16N2O3. The molecule has 0 saturated carbocycles. The Bertz CT molecular complexity index is 440. The van der Waals surface area contributed by atoms with Gasteiger partial charge in [-0.15, -0.1) is 0 Å². The van der Waals surface area contributed by atoms with Gasteiger partial charge >= 0.3 is 0 Å². The number of nitrogens with one attached hydrogen (secondary N) is 1. The van der Waals surface area contributed by atoms with Crippen LogP contribution in [-0.2, 0) is 4.79 Å². The molecule has 0 aliphatic rings. The Morgan fingerprint density at radius 2 is 2.28 bits per heavy atom. The summed E-state index contributed by atoms with van der Waals surface area (Å²) in [5.41, 5.74) is 0.660. The Labute approximate surface area is 106 Å². The topological polar surface area (TPSA) is 82.3 Å². The first-order chi connectivity index (χ1) is 8.69. The third-order valence-electron chi connectivity index (χ3n) is 2.39. The van der Waals surface area contributed by atoms with Gasteiger partial charge < -0.3 is 15.2 Å². The highest BCUT2D eigenvalue weighted by Crippen LogP contribution is 2.26. The molecule has 0 heterocycles. The first-order valence-electron chi connectivity index (χ1n) is 5.72. The summed E-state index contributed by atoms with van der Waals surface area (Å²) in [6.07, 6.45) is -0.0376. The lowest BCUT2D eigenvalue weighted by molar-refractivity contribution is -0.122. The third kappa shape index (κ3) is 4.07. The highest BCUT2D eigenvalue weighted by atomic mass is 16.5. The number of aliphatic hydroxyl groups is 1. The Kier molecular flexibility index (Phi) is 5.68. The van der Waals surface area contributed by atoms with Gasteiger partial charge in [-0.05, 0) is 12.5 Å². The zero-order valence-electron chi connectivity index (χ0n) is 10.2. The number of hydrogen-bond acceptors (Lipinski definition) is 4. The van der Waals surface area contributed by atoms with Crippen LogP contribution in [0.1, 0.15) is 25.0 Å². The van der Waals surface area contributed by atoms with Crippen molar-refractivity contribution in [2.24, 2.45) is 0 Å². The number of nitriles is 1. The van der Waals surface area contributed by atoms with Crippen LogP contribution < -0.4 is 10.1 Å². The summed E-state index contributed by atoms with van der Waals surface area (Å²) in [5.74, 6) is 0.122. The first-order valence-corrected chi connectivity index (χ1v) is 5.72. The fraction of sp³-hybridized carbons (Fsp3) is 0.385. The molecule has 5 nitrogen and oxygen atoms in total. The average molecular weight is 248 g/mol. The van der Waals surface area contributed by atoms with E-state index in [0.717, 1.165) is 0 Å². The van der Waals surface area contributed by atoms with Crippen molar-refractivity contribution in [1.82, 2.24) is 5.32 Å². The van der Waals surface area contributed by atoms with Crippen molar-refractivity contribution in [1.29, 1.82) is 5.26 Å². The number of amides is 1. The number of carbonyl (C=O) groups is 1. The highest BCUT2D eigenvalue weighted by molar-refractivity contribution is 5.77. The van der Waals surface area contributed by atoms with Crippen molar-refractivity contribution in [2.45, 2.75) is 19.4 Å². The van der Waals surface area contributed by atoms with Crippen LogP contribution >= 0.6 is 0 Å². The number of para-hydroxylation sites is 1. The van der Waals surface area contributed by atoms with Gasteiger partial charge in [0, 0.05) is 5.56 Å². The predicted octanol–water partition coefficient (Wildman–Crippen LogP) is 1.15. The zero-order chi connectivity index (χ0) is 13.4. The van der Waals surface area contributed by atoms with Crippen molar-refractivity contribution in [2.75, 3.05) is 13.2 Å². The third-order valence-corrected chi connectivity index (χ3v) is 2.39. The number of benzene rings is 1. The van der Waals surface area contributed by atoms with E-state index in [1.54, 1.807) is 24.3 Å². The van der Waals surface area contributed by atoms with Crippen LogP contribution in [0.25, 0.3) is 0 Å². The smallest absolute Gasteiger partial charge is 0.258 e. The Morgan fingerprint density at radius 3 is 2.94 bits per heavy atom. The quantitative estimate of drug-likeness (QED) is 0.740. The molecule has 0 aliphatic carbocycles. The molecule has 96 valence electrons. The number of aliphatic hydroxyl groups excluding tert-OH is 1. The van der Waals surface area contributed by atoms with Crippen LogP contribution in [0.5, 0.6) is 5.75 Å². The molecule has 18 heavy (non-hydrogen) atoms. The van der Waals surface area contributed by atoms with Crippen LogP contribution in [0.15, 0.2) is 24.3 Å². The summed E-state index contributed by atoms with van der Waals surface area (Å²) in [6.45, 7) is 1.65. The van der Waals surface area contributed by atoms with Gasteiger partial charge in [-0.2, -0.15) is 5.26 Å². The molecule has 1 atom stereocenters. The molecule has 0 aliphatic heterocycles. The van der Waals surface area contributed by atoms with Crippen molar-refractivity contribution in [3.63, 3.8) is 0 Å². The van der Waals surface area contributed by atoms with Crippen LogP contribution in [0.4, 0.5) is 0 Å². The van der Waals surface area contributed by atoms with E-state index in [4.69, 9.17) is 10.00 Å². The molecule has 0 spiro atoms. The van der Waals surface area contributed by atoms with Crippen molar-refractivity contribution >= 4 is 5.91 Å². The van der Waals surface area contributed by atoms with Gasteiger partial charge in [-0.1, -0.05) is 25.1 Å². The maximum atomic E-state index is 11.3. The molecule has 5 heteroatoms. The van der Waals surface area contributed by atoms with Crippen LogP contribution in [0.3, 0.4) is 0 Å². The largest absolute Gasteiger partial charge is 0.483 e. The molecule has 1 rings (SSSR count). The van der Waals surface area contributed by atoms with Gasteiger partial charge in [-0.3, -0.25) is 4.79 Å². The van der Waals surface area contributed by atoms with Crippen molar-refractivity contribution in [3.05, 3.63) is 29.8 Å². The second kappa shape index (κ2) is 7.30. The molecule has 1 amide bonds. The minimum atomic E-state index is -0.608. The van der Waals surface area contributed by atoms with E-state index in [1.807, 2.05) is 13.0 Å². The summed E-state index contributed by atoms with van der Waals surface area (Å²) in [4.78, 5) is 11.3. The summed E-state index contributed by atoms with van der Waals surface area (Å²) in [7, 11) is 0. The number of hydrogen-bond donors (Lipinski definition) is 2. The summed E-state index contributed by atoms with van der Waals surface area (Å²) in [6, 6.07) is 8.84. The van der Waals surface area contributed by atoms with E-state index in [1.165, 1.54) is 0 Å². The molecule has 0 radical (unpaired) electrons. The lowest BCUT2D eigenvalue weighted by atomic mass is 10.1. The minimum Gasteiger partial charge on any atom is -0.483 e. The maximum absolute atomic E-state index is 11.3. The molecule has 0 saturated heterocycles. The van der Waals surface area contributed by atoms with Gasteiger partial charge in [0.15, 0.2) is 6.61 Å². The summed E-state index contributed by atoms with van der Waals surface area (Å²) >= 11 is 0. The van der Waals surface area contributed by atoms with E-state index in [-0.39, 0.29) is 19.1 Å². The number of carbonyl (C=O) groups excluding carboxylic acids is 1. The number of rotatable bonds is 6. The molecular weight excluding hydrogens is 232 g/mol. The monoisotopic (exact) mass is 248 g/mol. The Balaban J connectivity index is 2.62. The normalized spacial score (nSPS) is 11.4. The first kappa shape index (κ1) is 14.0. The lowest BCUT2D eigenvalue weighted by Gasteiger charge is -2.14. The molecule has 0 aromatic heterocycles. The molecule has 2 N–H and O–H groups in total. The van der Waals surface area contributed by atoms with E-state index >= 15 is 0 Å². The van der Waals surface area contributed by atoms with Crippen LogP contribution in [0.2, 0.25) is 0 Å². The SMILES string of the molecule is CCC(O)c1ccccc1OCC(=O)NCC#N. The molecule has 1 aromatic carbocycles. The van der Waals surface area contributed by atoms with Crippen LogP contribution in [0, 0.1) is 11.3 Å². The van der Waals surface area contributed by atoms with Gasteiger partial charge in [-0.25, -0.2) is 0 Å². The van der Waals surface area contributed by atoms with Gasteiger partial charge in [0.2, 0.25) is 0 Å². The number of nitrogens with zero attached hydrogens (tertiary/aromatic N) is 1. The second-order valence-electron chi connectivity index (χ2n) is 3.69. The van der Waals surface area contributed by atoms with Crippen molar-refractivity contribution < 1.29 is 14.6 Å². The Hall–Kier alpha value is -2.06. The minimum absolute atomic E-state index is 0.0403. The maximum Gasteiger partial charge on any atom is 0.258 e. The van der Waals surface area contributed by atoms with Crippen molar-refractivity contribution in [3.8, 4) is 11.8 Å². The molecule has 1 unspecified atom stereocenters. The highest BCUT2D eigenvalue weighted by Gasteiger charge is 2.12. The fourth-order valence-electron chi connectivity index (χ4n) is 1.44. The zero-order valence-corrected chi connectivity index (χ0v) is 10.2. The standard InChI is InChI=1S/C13H16N2O3/c1-2-11(16)10-5-3-4-6-12(10)18-9-13(17)15-8-7-14/h3-6,11,16H,2,8-9H2,1H3,(H,15,17). The van der Waals surface area contributed by atoms with Crippen LogP contribution in [-0.4, -0.2) is 24.2 Å².